The van der Waals surface area contributed by atoms with Crippen molar-refractivity contribution in [3.8, 4) is 0 Å². The molecule has 0 radical (unpaired) electrons. The largest absolute Gasteiger partial charge is 0.352 e. The fourth-order valence-corrected chi connectivity index (χ4v) is 3.67. The van der Waals surface area contributed by atoms with Gasteiger partial charge in [0.2, 0.25) is 0 Å². The standard InChI is InChI=1S/C18H23ClN6O/c1-21-18(26)25-5-3-12(4-6-25)15-8-17(13(9-20)7-16(15)19)23-14-10-22-24(2)11-14/h7-12,20,23H,3-6H2,1-2H3,(H,21,26). The summed E-state index contributed by atoms with van der Waals surface area (Å²) in [6.07, 6.45) is 6.64. The van der Waals surface area contributed by atoms with Gasteiger partial charge in [0.1, 0.15) is 0 Å². The smallest absolute Gasteiger partial charge is 0.317 e. The summed E-state index contributed by atoms with van der Waals surface area (Å²) in [7, 11) is 3.51. The zero-order valence-electron chi connectivity index (χ0n) is 14.9. The molecule has 1 aromatic carbocycles. The van der Waals surface area contributed by atoms with Crippen LogP contribution in [0.5, 0.6) is 0 Å². The van der Waals surface area contributed by atoms with Gasteiger partial charge in [-0.2, -0.15) is 5.10 Å². The first-order valence-corrected chi connectivity index (χ1v) is 8.96. The van der Waals surface area contributed by atoms with E-state index in [4.69, 9.17) is 17.0 Å². The van der Waals surface area contributed by atoms with Crippen LogP contribution < -0.4 is 10.6 Å². The Morgan fingerprint density at radius 1 is 1.38 bits per heavy atom. The molecule has 2 amide bonds. The highest BCUT2D eigenvalue weighted by Gasteiger charge is 2.25. The number of aryl methyl sites for hydroxylation is 1. The number of nitrogens with one attached hydrogen (secondary N) is 3. The van der Waals surface area contributed by atoms with Crippen LogP contribution in [0.1, 0.15) is 29.9 Å². The van der Waals surface area contributed by atoms with Crippen molar-refractivity contribution in [1.29, 1.82) is 5.41 Å². The van der Waals surface area contributed by atoms with Gasteiger partial charge in [-0.15, -0.1) is 0 Å². The van der Waals surface area contributed by atoms with E-state index in [0.29, 0.717) is 18.1 Å². The van der Waals surface area contributed by atoms with Crippen molar-refractivity contribution in [2.24, 2.45) is 7.05 Å². The molecular weight excluding hydrogens is 352 g/mol. The topological polar surface area (TPSA) is 86.0 Å². The molecule has 0 bridgehead atoms. The molecule has 0 unspecified atom stereocenters. The minimum absolute atomic E-state index is 0.0346. The fraction of sp³-hybridized carbons (Fsp3) is 0.389. The van der Waals surface area contributed by atoms with Gasteiger partial charge in [-0.3, -0.25) is 4.68 Å². The first kappa shape index (κ1) is 18.3. The molecule has 2 aromatic rings. The van der Waals surface area contributed by atoms with Gasteiger partial charge in [0, 0.05) is 55.9 Å². The molecule has 1 fully saturated rings. The normalized spacial score (nSPS) is 15.0. The lowest BCUT2D eigenvalue weighted by Crippen LogP contribution is -2.42. The number of carbonyl (C=O) groups is 1. The summed E-state index contributed by atoms with van der Waals surface area (Å²) in [5.74, 6) is 0.289. The van der Waals surface area contributed by atoms with Crippen molar-refractivity contribution >= 4 is 35.2 Å². The predicted molar refractivity (Wildman–Crippen MR) is 104 cm³/mol. The number of likely N-dealkylation sites (tertiary alicyclic amines) is 1. The summed E-state index contributed by atoms with van der Waals surface area (Å²) >= 11 is 6.51. The molecule has 1 aromatic heterocycles. The monoisotopic (exact) mass is 374 g/mol. The quantitative estimate of drug-likeness (QED) is 0.717. The Kier molecular flexibility index (Phi) is 5.46. The second-order valence-electron chi connectivity index (χ2n) is 6.45. The summed E-state index contributed by atoms with van der Waals surface area (Å²) in [5, 5.41) is 18.5. The van der Waals surface area contributed by atoms with Crippen LogP contribution >= 0.6 is 11.6 Å². The molecule has 2 heterocycles. The number of nitrogens with zero attached hydrogens (tertiary/aromatic N) is 3. The second-order valence-corrected chi connectivity index (χ2v) is 6.86. The van der Waals surface area contributed by atoms with Crippen molar-refractivity contribution < 1.29 is 4.79 Å². The van der Waals surface area contributed by atoms with Gasteiger partial charge in [-0.1, -0.05) is 11.6 Å². The Balaban J connectivity index is 1.82. The molecule has 0 saturated carbocycles. The van der Waals surface area contributed by atoms with Crippen molar-refractivity contribution in [2.75, 3.05) is 25.5 Å². The zero-order valence-corrected chi connectivity index (χ0v) is 15.7. The van der Waals surface area contributed by atoms with E-state index in [-0.39, 0.29) is 11.9 Å². The molecule has 26 heavy (non-hydrogen) atoms. The minimum Gasteiger partial charge on any atom is -0.352 e. The first-order chi connectivity index (χ1) is 12.5. The Bertz CT molecular complexity index is 810. The van der Waals surface area contributed by atoms with E-state index < -0.39 is 0 Å². The number of piperidine rings is 1. The van der Waals surface area contributed by atoms with Crippen molar-refractivity contribution in [3.63, 3.8) is 0 Å². The number of halogens is 1. The summed E-state index contributed by atoms with van der Waals surface area (Å²) in [4.78, 5) is 13.6. The number of benzene rings is 1. The molecule has 3 N–H and O–H groups in total. The van der Waals surface area contributed by atoms with Crippen LogP contribution in [0.15, 0.2) is 24.5 Å². The van der Waals surface area contributed by atoms with Crippen LogP contribution in [-0.4, -0.2) is 47.1 Å². The van der Waals surface area contributed by atoms with E-state index in [1.54, 1.807) is 17.9 Å². The number of urea groups is 1. The highest BCUT2D eigenvalue weighted by atomic mass is 35.5. The summed E-state index contributed by atoms with van der Waals surface area (Å²) in [6, 6.07) is 3.82. The van der Waals surface area contributed by atoms with Gasteiger partial charge in [-0.05, 0) is 36.5 Å². The molecule has 138 valence electrons. The maximum Gasteiger partial charge on any atom is 0.317 e. The molecule has 1 aliphatic rings. The Morgan fingerprint density at radius 3 is 2.69 bits per heavy atom. The lowest BCUT2D eigenvalue weighted by atomic mass is 9.88. The summed E-state index contributed by atoms with van der Waals surface area (Å²) in [6.45, 7) is 1.41. The van der Waals surface area contributed by atoms with E-state index >= 15 is 0 Å². The summed E-state index contributed by atoms with van der Waals surface area (Å²) in [5.41, 5.74) is 3.48. The van der Waals surface area contributed by atoms with E-state index in [1.807, 2.05) is 30.3 Å². The lowest BCUT2D eigenvalue weighted by Gasteiger charge is -2.32. The number of anilines is 2. The molecule has 0 spiro atoms. The lowest BCUT2D eigenvalue weighted by molar-refractivity contribution is 0.183. The Hall–Kier alpha value is -2.54. The molecule has 8 heteroatoms. The minimum atomic E-state index is -0.0346. The molecule has 7 nitrogen and oxygen atoms in total. The number of amides is 2. The molecule has 1 saturated heterocycles. The Labute approximate surface area is 157 Å². The van der Waals surface area contributed by atoms with Gasteiger partial charge in [0.25, 0.3) is 0 Å². The third kappa shape index (κ3) is 3.83. The van der Waals surface area contributed by atoms with E-state index in [2.05, 4.69) is 15.7 Å². The number of hydrogen-bond acceptors (Lipinski definition) is 4. The molecule has 0 atom stereocenters. The van der Waals surface area contributed by atoms with Crippen LogP contribution in [0.3, 0.4) is 0 Å². The highest BCUT2D eigenvalue weighted by molar-refractivity contribution is 6.32. The third-order valence-corrected chi connectivity index (χ3v) is 5.07. The van der Waals surface area contributed by atoms with Gasteiger partial charge >= 0.3 is 6.03 Å². The SMILES string of the molecule is CNC(=O)N1CCC(c2cc(Nc3cnn(C)c3)c(C=N)cc2Cl)CC1. The average molecular weight is 375 g/mol. The summed E-state index contributed by atoms with van der Waals surface area (Å²) < 4.78 is 1.72. The number of rotatable bonds is 4. The molecular formula is C18H23ClN6O. The predicted octanol–water partition coefficient (Wildman–Crippen LogP) is 3.33. The number of carbonyl (C=O) groups excluding carboxylic acids is 1. The first-order valence-electron chi connectivity index (χ1n) is 8.58. The average Bonchev–Trinajstić information content (AvgIpc) is 3.07. The van der Waals surface area contributed by atoms with Crippen molar-refractivity contribution in [1.82, 2.24) is 20.0 Å². The van der Waals surface area contributed by atoms with Gasteiger partial charge in [-0.25, -0.2) is 4.79 Å². The zero-order chi connectivity index (χ0) is 18.7. The van der Waals surface area contributed by atoms with Crippen LogP contribution in [0.25, 0.3) is 0 Å². The fourth-order valence-electron chi connectivity index (χ4n) is 3.34. The van der Waals surface area contributed by atoms with Crippen LogP contribution in [-0.2, 0) is 7.05 Å². The molecule has 3 rings (SSSR count). The maximum absolute atomic E-state index is 11.8. The van der Waals surface area contributed by atoms with Gasteiger partial charge in [0.15, 0.2) is 0 Å². The number of aromatic nitrogens is 2. The number of hydrogen-bond donors (Lipinski definition) is 3. The molecule has 0 aliphatic carbocycles. The van der Waals surface area contributed by atoms with E-state index in [9.17, 15) is 4.79 Å². The molecule has 1 aliphatic heterocycles. The van der Waals surface area contributed by atoms with E-state index in [1.165, 1.54) is 6.21 Å². The van der Waals surface area contributed by atoms with Crippen LogP contribution in [0.2, 0.25) is 5.02 Å². The second kappa shape index (κ2) is 7.78. The van der Waals surface area contributed by atoms with E-state index in [0.717, 1.165) is 35.3 Å². The van der Waals surface area contributed by atoms with Crippen LogP contribution in [0.4, 0.5) is 16.2 Å². The van der Waals surface area contributed by atoms with Gasteiger partial charge in [0.05, 0.1) is 11.9 Å². The Morgan fingerprint density at radius 2 is 2.12 bits per heavy atom. The maximum atomic E-state index is 11.8. The third-order valence-electron chi connectivity index (χ3n) is 4.74. The van der Waals surface area contributed by atoms with Crippen LogP contribution in [0, 0.1) is 5.41 Å². The van der Waals surface area contributed by atoms with Gasteiger partial charge < -0.3 is 20.9 Å². The van der Waals surface area contributed by atoms with Crippen molar-refractivity contribution in [2.45, 2.75) is 18.8 Å². The van der Waals surface area contributed by atoms with Crippen molar-refractivity contribution in [3.05, 3.63) is 40.7 Å². The highest BCUT2D eigenvalue weighted by Crippen LogP contribution is 2.36.